The molecule has 4 aromatic carbocycles. The highest BCUT2D eigenvalue weighted by Gasteiger charge is 2.35. The highest BCUT2D eigenvalue weighted by molar-refractivity contribution is 9.10. The van der Waals surface area contributed by atoms with Gasteiger partial charge in [-0.15, -0.1) is 0 Å². The summed E-state index contributed by atoms with van der Waals surface area (Å²) in [4.78, 5) is 30.0. The molecule has 1 atom stereocenters. The summed E-state index contributed by atoms with van der Waals surface area (Å²) in [5.74, 6) is -0.817. The van der Waals surface area contributed by atoms with E-state index in [9.17, 15) is 18.0 Å². The van der Waals surface area contributed by atoms with E-state index in [1.54, 1.807) is 42.5 Å². The molecule has 0 spiro atoms. The average Bonchev–Trinajstić information content (AvgIpc) is 2.98. The molecule has 0 fully saturated rings. The summed E-state index contributed by atoms with van der Waals surface area (Å²) in [6.45, 7) is 7.25. The Labute approximate surface area is 269 Å². The van der Waals surface area contributed by atoms with Crippen molar-refractivity contribution in [1.82, 2.24) is 10.2 Å². The number of halogens is 1. The number of hydrogen-bond acceptors (Lipinski definition) is 4. The van der Waals surface area contributed by atoms with Crippen LogP contribution in [0, 0.1) is 6.92 Å². The number of anilines is 1. The summed E-state index contributed by atoms with van der Waals surface area (Å²) in [7, 11) is -4.14. The third-order valence-electron chi connectivity index (χ3n) is 6.93. The van der Waals surface area contributed by atoms with Crippen LogP contribution in [0.25, 0.3) is 0 Å². The van der Waals surface area contributed by atoms with E-state index >= 15 is 0 Å². The molecule has 4 aromatic rings. The molecule has 1 N–H and O–H groups in total. The fourth-order valence-corrected chi connectivity index (χ4v) is 6.57. The average molecular weight is 677 g/mol. The Kier molecular flexibility index (Phi) is 10.7. The van der Waals surface area contributed by atoms with Gasteiger partial charge in [-0.25, -0.2) is 8.42 Å². The van der Waals surface area contributed by atoms with Crippen molar-refractivity contribution in [2.24, 2.45) is 0 Å². The summed E-state index contributed by atoms with van der Waals surface area (Å²) in [6, 6.07) is 31.1. The molecule has 0 aliphatic rings. The lowest BCUT2D eigenvalue weighted by atomic mass is 10.0. The molecular weight excluding hydrogens is 638 g/mol. The second-order valence-corrected chi connectivity index (χ2v) is 14.5. The molecule has 0 heterocycles. The van der Waals surface area contributed by atoms with Crippen LogP contribution in [-0.4, -0.2) is 43.3 Å². The Morgan fingerprint density at radius 1 is 0.818 bits per heavy atom. The molecule has 0 unspecified atom stereocenters. The number of hydrogen-bond donors (Lipinski definition) is 1. The Morgan fingerprint density at radius 3 is 2.00 bits per heavy atom. The molecule has 0 aliphatic carbocycles. The van der Waals surface area contributed by atoms with Crippen LogP contribution in [0.5, 0.6) is 0 Å². The smallest absolute Gasteiger partial charge is 0.264 e. The number of benzene rings is 4. The third-order valence-corrected chi connectivity index (χ3v) is 9.25. The van der Waals surface area contributed by atoms with E-state index in [2.05, 4.69) is 21.2 Å². The van der Waals surface area contributed by atoms with Gasteiger partial charge in [-0.05, 0) is 75.2 Å². The van der Waals surface area contributed by atoms with Crippen LogP contribution < -0.4 is 9.62 Å². The van der Waals surface area contributed by atoms with Crippen molar-refractivity contribution in [2.75, 3.05) is 10.8 Å². The first-order valence-electron chi connectivity index (χ1n) is 14.4. The molecule has 9 heteroatoms. The first kappa shape index (κ1) is 33.0. The SMILES string of the molecule is Cc1cccc(CN(C(=O)CN(c2ccc(Br)cc2)S(=O)(=O)c2ccccc2)[C@@H](Cc2ccccc2)C(=O)NC(C)(C)C)c1. The van der Waals surface area contributed by atoms with Crippen LogP contribution in [-0.2, 0) is 32.6 Å². The van der Waals surface area contributed by atoms with Crippen LogP contribution in [0.3, 0.4) is 0 Å². The number of amides is 2. The van der Waals surface area contributed by atoms with Crippen molar-refractivity contribution in [2.45, 2.75) is 57.1 Å². The van der Waals surface area contributed by atoms with Crippen LogP contribution in [0.4, 0.5) is 5.69 Å². The van der Waals surface area contributed by atoms with Gasteiger partial charge in [0.1, 0.15) is 12.6 Å². The largest absolute Gasteiger partial charge is 0.350 e. The normalized spacial score (nSPS) is 12.3. The standard InChI is InChI=1S/C35H38BrN3O4S/c1-26-12-11-15-28(22-26)24-38(32(34(41)37-35(2,3)4)23-27-13-7-5-8-14-27)33(40)25-39(30-20-18-29(36)19-21-30)44(42,43)31-16-9-6-10-17-31/h5-22,32H,23-25H2,1-4H3,(H,37,41)/t32-/m0/s1. The minimum absolute atomic E-state index is 0.0623. The van der Waals surface area contributed by atoms with Crippen molar-refractivity contribution in [3.8, 4) is 0 Å². The van der Waals surface area contributed by atoms with Crippen LogP contribution in [0.1, 0.15) is 37.5 Å². The minimum atomic E-state index is -4.14. The van der Waals surface area contributed by atoms with Gasteiger partial charge < -0.3 is 10.2 Å². The molecule has 0 aliphatic heterocycles. The van der Waals surface area contributed by atoms with E-state index in [1.807, 2.05) is 82.3 Å². The van der Waals surface area contributed by atoms with Crippen molar-refractivity contribution in [3.05, 3.63) is 130 Å². The number of nitrogens with zero attached hydrogens (tertiary/aromatic N) is 2. The topological polar surface area (TPSA) is 86.8 Å². The molecular formula is C35H38BrN3O4S. The predicted molar refractivity (Wildman–Crippen MR) is 179 cm³/mol. The zero-order chi connectivity index (χ0) is 31.9. The summed E-state index contributed by atoms with van der Waals surface area (Å²) < 4.78 is 29.9. The Morgan fingerprint density at radius 2 is 1.41 bits per heavy atom. The highest BCUT2D eigenvalue weighted by atomic mass is 79.9. The lowest BCUT2D eigenvalue weighted by Gasteiger charge is -2.35. The van der Waals surface area contributed by atoms with Gasteiger partial charge in [0, 0.05) is 23.0 Å². The molecule has 0 bridgehead atoms. The molecule has 0 saturated carbocycles. The lowest BCUT2D eigenvalue weighted by molar-refractivity contribution is -0.140. The summed E-state index contributed by atoms with van der Waals surface area (Å²) >= 11 is 3.41. The molecule has 2 amide bonds. The van der Waals surface area contributed by atoms with Gasteiger partial charge in [0.2, 0.25) is 11.8 Å². The molecule has 44 heavy (non-hydrogen) atoms. The first-order valence-corrected chi connectivity index (χ1v) is 16.6. The monoisotopic (exact) mass is 675 g/mol. The molecule has 0 radical (unpaired) electrons. The van der Waals surface area contributed by atoms with Gasteiger partial charge in [-0.3, -0.25) is 13.9 Å². The fraction of sp³-hybridized carbons (Fsp3) is 0.257. The third kappa shape index (κ3) is 8.80. The molecule has 230 valence electrons. The molecule has 7 nitrogen and oxygen atoms in total. The minimum Gasteiger partial charge on any atom is -0.350 e. The van der Waals surface area contributed by atoms with Crippen LogP contribution >= 0.6 is 15.9 Å². The van der Waals surface area contributed by atoms with Gasteiger partial charge in [0.25, 0.3) is 10.0 Å². The maximum atomic E-state index is 14.5. The second-order valence-electron chi connectivity index (χ2n) is 11.8. The van der Waals surface area contributed by atoms with Gasteiger partial charge >= 0.3 is 0 Å². The van der Waals surface area contributed by atoms with Crippen molar-refractivity contribution in [3.63, 3.8) is 0 Å². The summed E-state index contributed by atoms with van der Waals surface area (Å²) in [5.41, 5.74) is 2.51. The number of nitrogens with one attached hydrogen (secondary N) is 1. The summed E-state index contributed by atoms with van der Waals surface area (Å²) in [5, 5.41) is 3.05. The number of sulfonamides is 1. The number of carbonyl (C=O) groups is 2. The van der Waals surface area contributed by atoms with Crippen molar-refractivity contribution in [1.29, 1.82) is 0 Å². The van der Waals surface area contributed by atoms with Crippen LogP contribution in [0.15, 0.2) is 119 Å². The van der Waals surface area contributed by atoms with E-state index in [0.29, 0.717) is 5.69 Å². The molecule has 0 saturated heterocycles. The molecule has 0 aromatic heterocycles. The van der Waals surface area contributed by atoms with Gasteiger partial charge in [-0.2, -0.15) is 0 Å². The Bertz CT molecular complexity index is 1670. The highest BCUT2D eigenvalue weighted by Crippen LogP contribution is 2.26. The van der Waals surface area contributed by atoms with E-state index in [4.69, 9.17) is 0 Å². The number of rotatable bonds is 11. The fourth-order valence-electron chi connectivity index (χ4n) is 4.87. The molecule has 4 rings (SSSR count). The van der Waals surface area contributed by atoms with E-state index in [1.165, 1.54) is 17.0 Å². The van der Waals surface area contributed by atoms with Gasteiger partial charge in [0.15, 0.2) is 0 Å². The van der Waals surface area contributed by atoms with Crippen molar-refractivity contribution >= 4 is 43.5 Å². The van der Waals surface area contributed by atoms with Crippen molar-refractivity contribution < 1.29 is 18.0 Å². The predicted octanol–water partition coefficient (Wildman–Crippen LogP) is 6.51. The zero-order valence-electron chi connectivity index (χ0n) is 25.4. The zero-order valence-corrected chi connectivity index (χ0v) is 27.8. The van der Waals surface area contributed by atoms with E-state index < -0.39 is 34.1 Å². The Balaban J connectivity index is 1.81. The lowest BCUT2D eigenvalue weighted by Crippen LogP contribution is -2.56. The maximum Gasteiger partial charge on any atom is 0.264 e. The van der Waals surface area contributed by atoms with E-state index in [-0.39, 0.29) is 23.8 Å². The maximum absolute atomic E-state index is 14.5. The summed E-state index contributed by atoms with van der Waals surface area (Å²) in [6.07, 6.45) is 0.254. The Hall–Kier alpha value is -3.95. The quantitative estimate of drug-likeness (QED) is 0.196. The van der Waals surface area contributed by atoms with Gasteiger partial charge in [-0.1, -0.05) is 94.3 Å². The van der Waals surface area contributed by atoms with Crippen LogP contribution in [0.2, 0.25) is 0 Å². The van der Waals surface area contributed by atoms with E-state index in [0.717, 1.165) is 25.5 Å². The number of carbonyl (C=O) groups excluding carboxylic acids is 2. The number of aryl methyl sites for hydroxylation is 1. The first-order chi connectivity index (χ1) is 20.8. The second kappa shape index (κ2) is 14.2. The van der Waals surface area contributed by atoms with Gasteiger partial charge in [0.05, 0.1) is 10.6 Å².